The zero-order chi connectivity index (χ0) is 12.5. The van der Waals surface area contributed by atoms with Gasteiger partial charge in [0.15, 0.2) is 0 Å². The summed E-state index contributed by atoms with van der Waals surface area (Å²) in [6.45, 7) is 2.63. The minimum absolute atomic E-state index is 0.0836. The standard InChI is InChI=1S/C15H14O2S/c1-10-6-7-13(18-10)14(16)15-12-5-3-2-4-11(12)8-9-17-15/h2-7,15H,8-9H2,1H3. The van der Waals surface area contributed by atoms with Crippen LogP contribution in [0.5, 0.6) is 0 Å². The molecule has 1 aliphatic heterocycles. The number of carbonyl (C=O) groups is 1. The lowest BCUT2D eigenvalue weighted by Crippen LogP contribution is -2.22. The first-order chi connectivity index (χ1) is 8.75. The van der Waals surface area contributed by atoms with E-state index in [0.717, 1.165) is 21.7 Å². The average molecular weight is 258 g/mol. The van der Waals surface area contributed by atoms with Gasteiger partial charge in [-0.25, -0.2) is 0 Å². The van der Waals surface area contributed by atoms with E-state index in [-0.39, 0.29) is 5.78 Å². The van der Waals surface area contributed by atoms with Gasteiger partial charge in [0, 0.05) is 4.88 Å². The number of ether oxygens (including phenoxy) is 1. The molecule has 0 spiro atoms. The molecule has 2 heterocycles. The fourth-order valence-corrected chi connectivity index (χ4v) is 3.13. The number of carbonyl (C=O) groups excluding carboxylic acids is 1. The van der Waals surface area contributed by atoms with E-state index >= 15 is 0 Å². The molecule has 1 aromatic carbocycles. The van der Waals surface area contributed by atoms with Gasteiger partial charge in [0.25, 0.3) is 0 Å². The van der Waals surface area contributed by atoms with Gasteiger partial charge in [0.2, 0.25) is 5.78 Å². The molecule has 3 rings (SSSR count). The van der Waals surface area contributed by atoms with E-state index in [1.807, 2.05) is 37.3 Å². The summed E-state index contributed by atoms with van der Waals surface area (Å²) in [6, 6.07) is 11.9. The molecule has 1 aliphatic rings. The van der Waals surface area contributed by atoms with Crippen molar-refractivity contribution in [3.8, 4) is 0 Å². The summed E-state index contributed by atoms with van der Waals surface area (Å²) in [7, 11) is 0. The van der Waals surface area contributed by atoms with Crippen LogP contribution in [0.25, 0.3) is 0 Å². The van der Waals surface area contributed by atoms with Gasteiger partial charge in [-0.1, -0.05) is 24.3 Å². The molecule has 1 unspecified atom stereocenters. The lowest BCUT2D eigenvalue weighted by atomic mass is 9.95. The number of thiophene rings is 1. The Labute approximate surface area is 110 Å². The molecular weight excluding hydrogens is 244 g/mol. The monoisotopic (exact) mass is 258 g/mol. The van der Waals surface area contributed by atoms with Crippen LogP contribution in [-0.4, -0.2) is 12.4 Å². The van der Waals surface area contributed by atoms with Crippen LogP contribution in [0.15, 0.2) is 36.4 Å². The molecule has 92 valence electrons. The number of aryl methyl sites for hydroxylation is 1. The minimum atomic E-state index is -0.423. The molecule has 18 heavy (non-hydrogen) atoms. The topological polar surface area (TPSA) is 26.3 Å². The number of fused-ring (bicyclic) bond motifs is 1. The lowest BCUT2D eigenvalue weighted by molar-refractivity contribution is 0.0352. The zero-order valence-corrected chi connectivity index (χ0v) is 11.0. The van der Waals surface area contributed by atoms with Crippen LogP contribution >= 0.6 is 11.3 Å². The Morgan fingerprint density at radius 2 is 2.11 bits per heavy atom. The van der Waals surface area contributed by atoms with Crippen molar-refractivity contribution in [2.45, 2.75) is 19.4 Å². The van der Waals surface area contributed by atoms with Gasteiger partial charge in [-0.3, -0.25) is 4.79 Å². The highest BCUT2D eigenvalue weighted by Crippen LogP contribution is 2.31. The van der Waals surface area contributed by atoms with Gasteiger partial charge >= 0.3 is 0 Å². The van der Waals surface area contributed by atoms with Crippen molar-refractivity contribution < 1.29 is 9.53 Å². The molecule has 1 atom stereocenters. The largest absolute Gasteiger partial charge is 0.365 e. The second kappa shape index (κ2) is 4.67. The van der Waals surface area contributed by atoms with E-state index in [1.54, 1.807) is 0 Å². The number of benzene rings is 1. The second-order valence-corrected chi connectivity index (χ2v) is 5.76. The van der Waals surface area contributed by atoms with Crippen LogP contribution in [0.2, 0.25) is 0 Å². The summed E-state index contributed by atoms with van der Waals surface area (Å²) in [5.41, 5.74) is 2.26. The van der Waals surface area contributed by atoms with Gasteiger partial charge < -0.3 is 4.74 Å². The number of hydrogen-bond acceptors (Lipinski definition) is 3. The molecule has 0 fully saturated rings. The Morgan fingerprint density at radius 1 is 1.28 bits per heavy atom. The van der Waals surface area contributed by atoms with Crippen LogP contribution in [0.1, 0.15) is 31.8 Å². The normalized spacial score (nSPS) is 18.4. The third-order valence-corrected chi connectivity index (χ3v) is 4.23. The number of Topliss-reactive ketones (excluding diaryl/α,β-unsaturated/α-hetero) is 1. The number of ketones is 1. The van der Waals surface area contributed by atoms with Crippen LogP contribution in [0.3, 0.4) is 0 Å². The summed E-state index contributed by atoms with van der Waals surface area (Å²) < 4.78 is 5.69. The number of rotatable bonds is 2. The first kappa shape index (κ1) is 11.6. The Morgan fingerprint density at radius 3 is 2.89 bits per heavy atom. The Hall–Kier alpha value is -1.45. The molecule has 2 nitrogen and oxygen atoms in total. The van der Waals surface area contributed by atoms with Crippen molar-refractivity contribution in [3.63, 3.8) is 0 Å². The predicted octanol–water partition coefficient (Wildman–Crippen LogP) is 3.55. The first-order valence-corrected chi connectivity index (χ1v) is 6.87. The molecule has 0 amide bonds. The third kappa shape index (κ3) is 2.00. The van der Waals surface area contributed by atoms with Crippen LogP contribution in [0, 0.1) is 6.92 Å². The van der Waals surface area contributed by atoms with Crippen LogP contribution in [0.4, 0.5) is 0 Å². The van der Waals surface area contributed by atoms with E-state index in [2.05, 4.69) is 6.07 Å². The molecule has 0 saturated carbocycles. The maximum atomic E-state index is 12.5. The van der Waals surface area contributed by atoms with Crippen molar-refractivity contribution in [1.82, 2.24) is 0 Å². The Balaban J connectivity index is 1.96. The van der Waals surface area contributed by atoms with Crippen molar-refractivity contribution in [2.75, 3.05) is 6.61 Å². The van der Waals surface area contributed by atoms with Gasteiger partial charge in [0.05, 0.1) is 11.5 Å². The molecule has 2 aromatic rings. The van der Waals surface area contributed by atoms with E-state index < -0.39 is 6.10 Å². The highest BCUT2D eigenvalue weighted by Gasteiger charge is 2.28. The van der Waals surface area contributed by atoms with Crippen molar-refractivity contribution >= 4 is 17.1 Å². The molecule has 1 aromatic heterocycles. The SMILES string of the molecule is Cc1ccc(C(=O)C2OCCc3ccccc32)s1. The lowest BCUT2D eigenvalue weighted by Gasteiger charge is -2.24. The van der Waals surface area contributed by atoms with Gasteiger partial charge in [-0.2, -0.15) is 0 Å². The van der Waals surface area contributed by atoms with Gasteiger partial charge in [-0.15, -0.1) is 11.3 Å². The van der Waals surface area contributed by atoms with Gasteiger partial charge in [0.1, 0.15) is 6.10 Å². The van der Waals surface area contributed by atoms with Crippen LogP contribution < -0.4 is 0 Å². The van der Waals surface area contributed by atoms with Crippen molar-refractivity contribution in [2.24, 2.45) is 0 Å². The van der Waals surface area contributed by atoms with Crippen molar-refractivity contribution in [3.05, 3.63) is 57.3 Å². The first-order valence-electron chi connectivity index (χ1n) is 6.06. The third-order valence-electron chi connectivity index (χ3n) is 3.21. The predicted molar refractivity (Wildman–Crippen MR) is 72.2 cm³/mol. The quantitative estimate of drug-likeness (QED) is 0.770. The number of hydrogen-bond donors (Lipinski definition) is 0. The summed E-state index contributed by atoms with van der Waals surface area (Å²) in [5, 5.41) is 0. The molecule has 0 bridgehead atoms. The zero-order valence-electron chi connectivity index (χ0n) is 10.2. The molecule has 0 saturated heterocycles. The summed E-state index contributed by atoms with van der Waals surface area (Å²) in [5.74, 6) is 0.0836. The second-order valence-electron chi connectivity index (χ2n) is 4.47. The van der Waals surface area contributed by atoms with E-state index in [4.69, 9.17) is 4.74 Å². The van der Waals surface area contributed by atoms with Crippen LogP contribution in [-0.2, 0) is 11.2 Å². The summed E-state index contributed by atoms with van der Waals surface area (Å²) >= 11 is 1.53. The molecule has 0 aliphatic carbocycles. The van der Waals surface area contributed by atoms with E-state index in [9.17, 15) is 4.79 Å². The Kier molecular flexibility index (Phi) is 3.02. The fraction of sp³-hybridized carbons (Fsp3) is 0.267. The maximum absolute atomic E-state index is 12.5. The molecule has 0 N–H and O–H groups in total. The van der Waals surface area contributed by atoms with Crippen molar-refractivity contribution in [1.29, 1.82) is 0 Å². The maximum Gasteiger partial charge on any atom is 0.206 e. The summed E-state index contributed by atoms with van der Waals surface area (Å²) in [6.07, 6.45) is 0.469. The average Bonchev–Trinajstić information content (AvgIpc) is 2.84. The highest BCUT2D eigenvalue weighted by atomic mass is 32.1. The molecular formula is C15H14O2S. The summed E-state index contributed by atoms with van der Waals surface area (Å²) in [4.78, 5) is 14.4. The van der Waals surface area contributed by atoms with Gasteiger partial charge in [-0.05, 0) is 36.6 Å². The highest BCUT2D eigenvalue weighted by molar-refractivity contribution is 7.14. The van der Waals surface area contributed by atoms with E-state index in [0.29, 0.717) is 6.61 Å². The van der Waals surface area contributed by atoms with E-state index in [1.165, 1.54) is 16.9 Å². The molecule has 3 heteroatoms. The Bertz CT molecular complexity index is 586. The minimum Gasteiger partial charge on any atom is -0.365 e. The smallest absolute Gasteiger partial charge is 0.206 e. The molecule has 0 radical (unpaired) electrons. The fourth-order valence-electron chi connectivity index (χ4n) is 2.31.